The fraction of sp³-hybridized carbons (Fsp3) is 0.667. The lowest BCUT2D eigenvalue weighted by molar-refractivity contribution is -0.137. The Balaban J connectivity index is 1.65. The molecule has 1 aromatic rings. The molecule has 1 amide bonds. The number of amides is 1. The van der Waals surface area contributed by atoms with Crippen molar-refractivity contribution in [3.05, 3.63) is 11.9 Å². The van der Waals surface area contributed by atoms with Crippen LogP contribution in [-0.4, -0.2) is 34.1 Å². The number of anilines is 1. The Bertz CT molecular complexity index is 424. The number of nitrogen functional groups attached to an aromatic ring is 1. The van der Waals surface area contributed by atoms with E-state index in [0.717, 1.165) is 38.0 Å². The molecule has 5 nitrogen and oxygen atoms in total. The van der Waals surface area contributed by atoms with Crippen molar-refractivity contribution in [2.75, 3.05) is 18.8 Å². The van der Waals surface area contributed by atoms with Gasteiger partial charge < -0.3 is 10.6 Å². The summed E-state index contributed by atoms with van der Waals surface area (Å²) in [6.45, 7) is 1.65. The SMILES string of the molecule is Nc1cn[nH]c1C1CCN(C(=O)C2CCC2)C1. The number of aromatic amines is 1. The number of likely N-dealkylation sites (tertiary alicyclic amines) is 1. The minimum absolute atomic E-state index is 0.299. The third kappa shape index (κ3) is 1.79. The van der Waals surface area contributed by atoms with E-state index in [1.54, 1.807) is 6.20 Å². The van der Waals surface area contributed by atoms with Gasteiger partial charge in [-0.15, -0.1) is 0 Å². The highest BCUT2D eigenvalue weighted by molar-refractivity contribution is 5.80. The van der Waals surface area contributed by atoms with Gasteiger partial charge in [-0.2, -0.15) is 5.10 Å². The van der Waals surface area contributed by atoms with E-state index in [2.05, 4.69) is 10.2 Å². The lowest BCUT2D eigenvalue weighted by Crippen LogP contribution is -2.37. The van der Waals surface area contributed by atoms with Crippen LogP contribution in [0.3, 0.4) is 0 Å². The lowest BCUT2D eigenvalue weighted by atomic mass is 9.84. The van der Waals surface area contributed by atoms with Crippen LogP contribution in [0.25, 0.3) is 0 Å². The summed E-state index contributed by atoms with van der Waals surface area (Å²) in [5.74, 6) is 0.978. The van der Waals surface area contributed by atoms with E-state index in [1.165, 1.54) is 6.42 Å². The Kier molecular flexibility index (Phi) is 2.53. The number of hydrogen-bond acceptors (Lipinski definition) is 3. The fourth-order valence-electron chi connectivity index (χ4n) is 2.74. The Morgan fingerprint density at radius 3 is 2.88 bits per heavy atom. The molecule has 92 valence electrons. The Labute approximate surface area is 100 Å². The molecule has 0 radical (unpaired) electrons. The molecule has 0 spiro atoms. The zero-order valence-corrected chi connectivity index (χ0v) is 9.85. The fourth-order valence-corrected chi connectivity index (χ4v) is 2.74. The molecule has 1 unspecified atom stereocenters. The van der Waals surface area contributed by atoms with Crippen molar-refractivity contribution in [1.29, 1.82) is 0 Å². The van der Waals surface area contributed by atoms with Crippen LogP contribution in [0.15, 0.2) is 6.20 Å². The number of nitrogens with one attached hydrogen (secondary N) is 1. The highest BCUT2D eigenvalue weighted by Gasteiger charge is 2.34. The number of carbonyl (C=O) groups is 1. The first-order chi connectivity index (χ1) is 8.25. The maximum atomic E-state index is 12.1. The predicted molar refractivity (Wildman–Crippen MR) is 64.3 cm³/mol. The van der Waals surface area contributed by atoms with Crippen LogP contribution in [0.4, 0.5) is 5.69 Å². The molecule has 2 fully saturated rings. The van der Waals surface area contributed by atoms with E-state index in [9.17, 15) is 4.79 Å². The number of H-pyrrole nitrogens is 1. The first kappa shape index (κ1) is 10.6. The number of carbonyl (C=O) groups excluding carboxylic acids is 1. The molecule has 17 heavy (non-hydrogen) atoms. The second-order valence-electron chi connectivity index (χ2n) is 5.14. The van der Waals surface area contributed by atoms with E-state index in [-0.39, 0.29) is 0 Å². The summed E-state index contributed by atoms with van der Waals surface area (Å²) in [4.78, 5) is 14.1. The Hall–Kier alpha value is -1.52. The van der Waals surface area contributed by atoms with Gasteiger partial charge in [-0.3, -0.25) is 9.89 Å². The number of nitrogens with zero attached hydrogens (tertiary/aromatic N) is 2. The summed E-state index contributed by atoms with van der Waals surface area (Å²) >= 11 is 0. The van der Waals surface area contributed by atoms with Gasteiger partial charge in [0.1, 0.15) is 0 Å². The zero-order chi connectivity index (χ0) is 11.8. The maximum Gasteiger partial charge on any atom is 0.225 e. The zero-order valence-electron chi connectivity index (χ0n) is 9.85. The van der Waals surface area contributed by atoms with Crippen LogP contribution in [0.1, 0.15) is 37.3 Å². The molecule has 1 aliphatic carbocycles. The topological polar surface area (TPSA) is 75.0 Å². The average Bonchev–Trinajstić information content (AvgIpc) is 2.82. The molecule has 1 aromatic heterocycles. The summed E-state index contributed by atoms with van der Waals surface area (Å²) in [5.41, 5.74) is 7.55. The molecular weight excluding hydrogens is 216 g/mol. The molecule has 0 aromatic carbocycles. The van der Waals surface area contributed by atoms with E-state index in [4.69, 9.17) is 5.73 Å². The smallest absolute Gasteiger partial charge is 0.225 e. The first-order valence-electron chi connectivity index (χ1n) is 6.33. The molecule has 1 aliphatic heterocycles. The van der Waals surface area contributed by atoms with Gasteiger partial charge in [0.05, 0.1) is 17.6 Å². The summed E-state index contributed by atoms with van der Waals surface area (Å²) in [6.07, 6.45) is 6.00. The van der Waals surface area contributed by atoms with Gasteiger partial charge in [0, 0.05) is 24.9 Å². The summed E-state index contributed by atoms with van der Waals surface area (Å²) in [7, 11) is 0. The molecule has 3 rings (SSSR count). The third-order valence-electron chi connectivity index (χ3n) is 4.06. The number of nitrogens with two attached hydrogens (primary N) is 1. The lowest BCUT2D eigenvalue weighted by Gasteiger charge is -2.29. The quantitative estimate of drug-likeness (QED) is 0.804. The number of aromatic nitrogens is 2. The van der Waals surface area contributed by atoms with Crippen LogP contribution >= 0.6 is 0 Å². The Morgan fingerprint density at radius 1 is 1.47 bits per heavy atom. The molecule has 3 N–H and O–H groups in total. The minimum atomic E-state index is 0.299. The van der Waals surface area contributed by atoms with Crippen molar-refractivity contribution in [2.24, 2.45) is 5.92 Å². The molecule has 2 aliphatic rings. The van der Waals surface area contributed by atoms with E-state index < -0.39 is 0 Å². The third-order valence-corrected chi connectivity index (χ3v) is 4.06. The van der Waals surface area contributed by atoms with Gasteiger partial charge >= 0.3 is 0 Å². The van der Waals surface area contributed by atoms with Crippen molar-refractivity contribution in [2.45, 2.75) is 31.6 Å². The van der Waals surface area contributed by atoms with Crippen molar-refractivity contribution < 1.29 is 4.79 Å². The molecule has 1 saturated carbocycles. The first-order valence-corrected chi connectivity index (χ1v) is 6.33. The van der Waals surface area contributed by atoms with E-state index in [1.807, 2.05) is 4.90 Å². The molecular formula is C12H18N4O. The molecule has 1 atom stereocenters. The summed E-state index contributed by atoms with van der Waals surface area (Å²) < 4.78 is 0. The molecule has 0 bridgehead atoms. The molecule has 1 saturated heterocycles. The van der Waals surface area contributed by atoms with Crippen LogP contribution in [0.2, 0.25) is 0 Å². The van der Waals surface area contributed by atoms with Crippen LogP contribution in [0.5, 0.6) is 0 Å². The van der Waals surface area contributed by atoms with Gasteiger partial charge in [-0.1, -0.05) is 6.42 Å². The number of rotatable bonds is 2. The highest BCUT2D eigenvalue weighted by Crippen LogP contribution is 2.33. The molecule has 5 heteroatoms. The summed E-state index contributed by atoms with van der Waals surface area (Å²) in [6, 6.07) is 0. The Morgan fingerprint density at radius 2 is 2.29 bits per heavy atom. The largest absolute Gasteiger partial charge is 0.396 e. The van der Waals surface area contributed by atoms with Crippen molar-refractivity contribution in [3.63, 3.8) is 0 Å². The standard InChI is InChI=1S/C12H18N4O/c13-10-6-14-15-11(10)9-4-5-16(7-9)12(17)8-2-1-3-8/h6,8-9H,1-5,7,13H2,(H,14,15). The maximum absolute atomic E-state index is 12.1. The van der Waals surface area contributed by atoms with Gasteiger partial charge in [0.2, 0.25) is 5.91 Å². The number of hydrogen-bond donors (Lipinski definition) is 2. The second kappa shape index (κ2) is 4.05. The van der Waals surface area contributed by atoms with Gasteiger partial charge in [-0.05, 0) is 19.3 Å². The van der Waals surface area contributed by atoms with Crippen LogP contribution in [0, 0.1) is 5.92 Å². The van der Waals surface area contributed by atoms with Gasteiger partial charge in [0.15, 0.2) is 0 Å². The second-order valence-corrected chi connectivity index (χ2v) is 5.14. The normalized spacial score (nSPS) is 24.9. The summed E-state index contributed by atoms with van der Waals surface area (Å²) in [5, 5.41) is 6.90. The molecule has 2 heterocycles. The van der Waals surface area contributed by atoms with Gasteiger partial charge in [-0.25, -0.2) is 0 Å². The van der Waals surface area contributed by atoms with E-state index >= 15 is 0 Å². The van der Waals surface area contributed by atoms with Crippen molar-refractivity contribution in [1.82, 2.24) is 15.1 Å². The minimum Gasteiger partial charge on any atom is -0.396 e. The van der Waals surface area contributed by atoms with Crippen LogP contribution in [-0.2, 0) is 4.79 Å². The predicted octanol–water partition coefficient (Wildman–Crippen LogP) is 1.11. The monoisotopic (exact) mass is 234 g/mol. The highest BCUT2D eigenvalue weighted by atomic mass is 16.2. The van der Waals surface area contributed by atoms with E-state index in [0.29, 0.717) is 23.4 Å². The van der Waals surface area contributed by atoms with Crippen molar-refractivity contribution in [3.8, 4) is 0 Å². The average molecular weight is 234 g/mol. The van der Waals surface area contributed by atoms with Crippen LogP contribution < -0.4 is 5.73 Å². The van der Waals surface area contributed by atoms with Crippen molar-refractivity contribution >= 4 is 11.6 Å². The van der Waals surface area contributed by atoms with Gasteiger partial charge in [0.25, 0.3) is 0 Å².